The summed E-state index contributed by atoms with van der Waals surface area (Å²) in [6, 6.07) is 22.2. The van der Waals surface area contributed by atoms with Crippen LogP contribution in [0.2, 0.25) is 0 Å². The molecule has 0 aliphatic carbocycles. The van der Waals surface area contributed by atoms with E-state index in [1.165, 1.54) is 7.11 Å². The van der Waals surface area contributed by atoms with Gasteiger partial charge in [-0.2, -0.15) is 0 Å². The first-order chi connectivity index (χ1) is 14.5. The summed E-state index contributed by atoms with van der Waals surface area (Å²) >= 11 is 0. The van der Waals surface area contributed by atoms with Crippen LogP contribution in [0.4, 0.5) is 17.1 Å². The molecular weight excluding hydrogens is 382 g/mol. The second kappa shape index (κ2) is 9.99. The third kappa shape index (κ3) is 5.76. The zero-order valence-electron chi connectivity index (χ0n) is 16.3. The van der Waals surface area contributed by atoms with E-state index < -0.39 is 0 Å². The standard InChI is InChI=1S/C23H21N3O4/c1-30-15-21(27)24-18-11-13-20(14-12-18)26-23(29)17-7-9-19(10-8-17)25-22(28)16-5-3-2-4-6-16/h2-14H,15H2,1H3,(H,24,27)(H,25,28)(H,26,29). The second-order valence-corrected chi connectivity index (χ2v) is 6.41. The van der Waals surface area contributed by atoms with Crippen molar-refractivity contribution < 1.29 is 19.1 Å². The van der Waals surface area contributed by atoms with Gasteiger partial charge in [0.1, 0.15) is 6.61 Å². The zero-order valence-corrected chi connectivity index (χ0v) is 16.3. The number of amides is 3. The molecule has 0 aliphatic rings. The number of ether oxygens (including phenoxy) is 1. The highest BCUT2D eigenvalue weighted by molar-refractivity contribution is 6.06. The molecule has 3 aromatic carbocycles. The van der Waals surface area contributed by atoms with E-state index in [9.17, 15) is 14.4 Å². The van der Waals surface area contributed by atoms with Crippen LogP contribution in [0.25, 0.3) is 0 Å². The van der Waals surface area contributed by atoms with Crippen molar-refractivity contribution in [1.82, 2.24) is 0 Å². The van der Waals surface area contributed by atoms with E-state index >= 15 is 0 Å². The number of carbonyl (C=O) groups excluding carboxylic acids is 3. The number of methoxy groups -OCH3 is 1. The van der Waals surface area contributed by atoms with Gasteiger partial charge in [-0.1, -0.05) is 18.2 Å². The molecule has 0 bridgehead atoms. The lowest BCUT2D eigenvalue weighted by molar-refractivity contribution is -0.119. The molecule has 0 aromatic heterocycles. The van der Waals surface area contributed by atoms with Gasteiger partial charge in [0.2, 0.25) is 5.91 Å². The number of hydrogen-bond donors (Lipinski definition) is 3. The molecule has 30 heavy (non-hydrogen) atoms. The van der Waals surface area contributed by atoms with Crippen LogP contribution in [-0.4, -0.2) is 31.4 Å². The van der Waals surface area contributed by atoms with Crippen molar-refractivity contribution in [3.05, 3.63) is 90.0 Å². The van der Waals surface area contributed by atoms with E-state index in [0.29, 0.717) is 28.2 Å². The minimum atomic E-state index is -0.285. The lowest BCUT2D eigenvalue weighted by Gasteiger charge is -2.09. The average Bonchev–Trinajstić information content (AvgIpc) is 2.76. The molecule has 7 nitrogen and oxygen atoms in total. The summed E-state index contributed by atoms with van der Waals surface area (Å²) in [5, 5.41) is 8.25. The number of nitrogens with one attached hydrogen (secondary N) is 3. The van der Waals surface area contributed by atoms with Gasteiger partial charge in [-0.3, -0.25) is 14.4 Å². The van der Waals surface area contributed by atoms with E-state index in [-0.39, 0.29) is 24.3 Å². The molecule has 3 rings (SSSR count). The lowest BCUT2D eigenvalue weighted by Crippen LogP contribution is -2.17. The Morgan fingerprint density at radius 3 is 1.57 bits per heavy atom. The Bertz CT molecular complexity index is 1020. The number of carbonyl (C=O) groups is 3. The summed E-state index contributed by atoms with van der Waals surface area (Å²) in [5.74, 6) is -0.758. The Kier molecular flexibility index (Phi) is 6.91. The Hall–Kier alpha value is -3.97. The van der Waals surface area contributed by atoms with Gasteiger partial charge in [-0.05, 0) is 60.7 Å². The molecule has 0 aliphatic heterocycles. The van der Waals surface area contributed by atoms with Crippen LogP contribution in [0.1, 0.15) is 20.7 Å². The molecule has 3 amide bonds. The van der Waals surface area contributed by atoms with Gasteiger partial charge in [0, 0.05) is 35.3 Å². The normalized spacial score (nSPS) is 10.2. The topological polar surface area (TPSA) is 96.5 Å². The highest BCUT2D eigenvalue weighted by atomic mass is 16.5. The van der Waals surface area contributed by atoms with Crippen molar-refractivity contribution in [2.45, 2.75) is 0 Å². The molecule has 152 valence electrons. The molecule has 0 saturated carbocycles. The first-order valence-electron chi connectivity index (χ1n) is 9.22. The van der Waals surface area contributed by atoms with Crippen molar-refractivity contribution in [3.63, 3.8) is 0 Å². The van der Waals surface area contributed by atoms with Gasteiger partial charge in [0.25, 0.3) is 11.8 Å². The smallest absolute Gasteiger partial charge is 0.255 e. The van der Waals surface area contributed by atoms with Gasteiger partial charge in [-0.25, -0.2) is 0 Å². The van der Waals surface area contributed by atoms with Crippen molar-refractivity contribution in [2.75, 3.05) is 29.7 Å². The van der Waals surface area contributed by atoms with Crippen LogP contribution in [0.15, 0.2) is 78.9 Å². The summed E-state index contributed by atoms with van der Waals surface area (Å²) in [7, 11) is 1.45. The van der Waals surface area contributed by atoms with Crippen molar-refractivity contribution in [3.8, 4) is 0 Å². The van der Waals surface area contributed by atoms with E-state index in [0.717, 1.165) is 0 Å². The highest BCUT2D eigenvalue weighted by Crippen LogP contribution is 2.16. The SMILES string of the molecule is COCC(=O)Nc1ccc(NC(=O)c2ccc(NC(=O)c3ccccc3)cc2)cc1. The molecule has 0 unspecified atom stereocenters. The molecule has 0 radical (unpaired) electrons. The maximum atomic E-state index is 12.4. The number of rotatable bonds is 7. The van der Waals surface area contributed by atoms with E-state index in [1.54, 1.807) is 72.8 Å². The predicted octanol–water partition coefficient (Wildman–Crippen LogP) is 3.78. The van der Waals surface area contributed by atoms with Crippen LogP contribution in [-0.2, 0) is 9.53 Å². The number of hydrogen-bond acceptors (Lipinski definition) is 4. The van der Waals surface area contributed by atoms with Crippen LogP contribution in [0.3, 0.4) is 0 Å². The van der Waals surface area contributed by atoms with E-state index in [4.69, 9.17) is 4.74 Å². The summed E-state index contributed by atoms with van der Waals surface area (Å²) in [4.78, 5) is 36.1. The molecule has 3 aromatic rings. The van der Waals surface area contributed by atoms with Gasteiger partial charge in [0.15, 0.2) is 0 Å². The van der Waals surface area contributed by atoms with Gasteiger partial charge in [0.05, 0.1) is 0 Å². The summed E-state index contributed by atoms with van der Waals surface area (Å²) in [5.41, 5.74) is 2.79. The van der Waals surface area contributed by atoms with Gasteiger partial charge < -0.3 is 20.7 Å². The lowest BCUT2D eigenvalue weighted by atomic mass is 10.1. The molecule has 0 spiro atoms. The molecule has 0 atom stereocenters. The minimum absolute atomic E-state index is 0.0275. The van der Waals surface area contributed by atoms with Crippen LogP contribution in [0.5, 0.6) is 0 Å². The Morgan fingerprint density at radius 2 is 1.07 bits per heavy atom. The predicted molar refractivity (Wildman–Crippen MR) is 116 cm³/mol. The maximum Gasteiger partial charge on any atom is 0.255 e. The fraction of sp³-hybridized carbons (Fsp3) is 0.0870. The van der Waals surface area contributed by atoms with Crippen molar-refractivity contribution in [2.24, 2.45) is 0 Å². The van der Waals surface area contributed by atoms with Crippen LogP contribution >= 0.6 is 0 Å². The maximum absolute atomic E-state index is 12.4. The highest BCUT2D eigenvalue weighted by Gasteiger charge is 2.09. The largest absolute Gasteiger partial charge is 0.375 e. The van der Waals surface area contributed by atoms with Crippen LogP contribution in [0, 0.1) is 0 Å². The monoisotopic (exact) mass is 403 g/mol. The summed E-state index contributed by atoms with van der Waals surface area (Å²) in [6.45, 7) is -0.0275. The molecule has 7 heteroatoms. The fourth-order valence-corrected chi connectivity index (χ4v) is 2.67. The third-order valence-electron chi connectivity index (χ3n) is 4.14. The molecular formula is C23H21N3O4. The third-order valence-corrected chi connectivity index (χ3v) is 4.14. The fourth-order valence-electron chi connectivity index (χ4n) is 2.67. The Balaban J connectivity index is 1.57. The molecule has 0 saturated heterocycles. The molecule has 0 heterocycles. The van der Waals surface area contributed by atoms with Crippen LogP contribution < -0.4 is 16.0 Å². The summed E-state index contributed by atoms with van der Waals surface area (Å²) < 4.78 is 4.76. The quantitative estimate of drug-likeness (QED) is 0.559. The van der Waals surface area contributed by atoms with E-state index in [2.05, 4.69) is 16.0 Å². The van der Waals surface area contributed by atoms with Crippen molar-refractivity contribution in [1.29, 1.82) is 0 Å². The zero-order chi connectivity index (χ0) is 21.3. The first-order valence-corrected chi connectivity index (χ1v) is 9.22. The Morgan fingerprint density at radius 1 is 0.633 bits per heavy atom. The average molecular weight is 403 g/mol. The number of benzene rings is 3. The molecule has 3 N–H and O–H groups in total. The first kappa shape index (κ1) is 20.8. The number of anilines is 3. The molecule has 0 fully saturated rings. The summed E-state index contributed by atoms with van der Waals surface area (Å²) in [6.07, 6.45) is 0. The minimum Gasteiger partial charge on any atom is -0.375 e. The Labute approximate surface area is 174 Å². The van der Waals surface area contributed by atoms with E-state index in [1.807, 2.05) is 6.07 Å². The second-order valence-electron chi connectivity index (χ2n) is 6.41. The van der Waals surface area contributed by atoms with Gasteiger partial charge in [-0.15, -0.1) is 0 Å². The van der Waals surface area contributed by atoms with Gasteiger partial charge >= 0.3 is 0 Å². The van der Waals surface area contributed by atoms with Crippen molar-refractivity contribution >= 4 is 34.8 Å².